The number of ether oxygens (including phenoxy) is 3. The molecule has 0 saturated carbocycles. The second-order valence-electron chi connectivity index (χ2n) is 9.91. The number of rotatable bonds is 9. The molecule has 3 aromatic heterocycles. The maximum Gasteiger partial charge on any atom is 0.338 e. The van der Waals surface area contributed by atoms with Crippen molar-refractivity contribution in [3.63, 3.8) is 0 Å². The highest BCUT2D eigenvalue weighted by Crippen LogP contribution is 2.39. The molecule has 6 rings (SSSR count). The predicted octanol–water partition coefficient (Wildman–Crippen LogP) is 5.56. The van der Waals surface area contributed by atoms with Gasteiger partial charge in [-0.25, -0.2) is 19.8 Å². The fourth-order valence-electron chi connectivity index (χ4n) is 4.98. The maximum absolute atomic E-state index is 14.2. The number of fused-ring (bicyclic) bond motifs is 1. The summed E-state index contributed by atoms with van der Waals surface area (Å²) in [5, 5.41) is 1.08. The quantitative estimate of drug-likeness (QED) is 0.143. The van der Waals surface area contributed by atoms with Gasteiger partial charge in [-0.2, -0.15) is 0 Å². The van der Waals surface area contributed by atoms with Gasteiger partial charge in [0.2, 0.25) is 0 Å². The van der Waals surface area contributed by atoms with E-state index in [2.05, 4.69) is 25.9 Å². The predicted molar refractivity (Wildman–Crippen MR) is 178 cm³/mol. The largest absolute Gasteiger partial charge is 0.493 e. The molecule has 234 valence electrons. The number of thiazole rings is 1. The molecule has 0 fully saturated rings. The van der Waals surface area contributed by atoms with Gasteiger partial charge in [-0.3, -0.25) is 9.36 Å². The summed E-state index contributed by atoms with van der Waals surface area (Å²) in [6.45, 7) is 3.77. The van der Waals surface area contributed by atoms with Gasteiger partial charge >= 0.3 is 5.97 Å². The number of carbonyl (C=O) groups is 1. The summed E-state index contributed by atoms with van der Waals surface area (Å²) in [6, 6.07) is 17.4. The standard InChI is InChI=1S/C33H27BrN4O6S2/c1-5-43-30(40)26-27(19-9-7-6-8-10-19)37-33-38(28(26)20-11-12-23(41-3)24(15-20)42-4)29(39)25(45-33)17-21-16-22(34)31(44-21)46-32-35-14-13-18(2)36-32/h6-17,28H,5H2,1-4H3/b25-17+/t28-/m0/s1. The summed E-state index contributed by atoms with van der Waals surface area (Å²) in [4.78, 5) is 42.0. The third-order valence-electron chi connectivity index (χ3n) is 7.00. The topological polar surface area (TPSA) is 118 Å². The van der Waals surface area contributed by atoms with Crippen LogP contribution in [0.5, 0.6) is 11.5 Å². The van der Waals surface area contributed by atoms with Crippen molar-refractivity contribution in [1.29, 1.82) is 0 Å². The number of methoxy groups -OCH3 is 2. The molecule has 0 N–H and O–H groups in total. The van der Waals surface area contributed by atoms with E-state index in [-0.39, 0.29) is 17.7 Å². The Morgan fingerprint density at radius 2 is 1.89 bits per heavy atom. The van der Waals surface area contributed by atoms with E-state index < -0.39 is 12.0 Å². The molecule has 10 nitrogen and oxygen atoms in total. The average molecular weight is 720 g/mol. The average Bonchev–Trinajstić information content (AvgIpc) is 3.57. The molecule has 2 aromatic carbocycles. The Bertz CT molecular complexity index is 2160. The van der Waals surface area contributed by atoms with Gasteiger partial charge in [-0.15, -0.1) is 0 Å². The highest BCUT2D eigenvalue weighted by molar-refractivity contribution is 9.10. The maximum atomic E-state index is 14.2. The van der Waals surface area contributed by atoms with Gasteiger partial charge < -0.3 is 18.6 Å². The zero-order chi connectivity index (χ0) is 32.4. The van der Waals surface area contributed by atoms with Crippen LogP contribution in [0.4, 0.5) is 0 Å². The van der Waals surface area contributed by atoms with E-state index in [1.165, 1.54) is 34.8 Å². The summed E-state index contributed by atoms with van der Waals surface area (Å²) in [5.41, 5.74) is 2.47. The zero-order valence-corrected chi connectivity index (χ0v) is 28.4. The van der Waals surface area contributed by atoms with Crippen molar-refractivity contribution in [1.82, 2.24) is 14.5 Å². The molecule has 1 atom stereocenters. The molecule has 0 radical (unpaired) electrons. The SMILES string of the molecule is CCOC(=O)C1=C(c2ccccc2)N=c2s/c(=C/c3cc(Br)c(Sc4nccc(C)n4)o3)c(=O)n2[C@H]1c1ccc(OC)c(OC)c1. The lowest BCUT2D eigenvalue weighted by Gasteiger charge is -2.26. The number of carbonyl (C=O) groups excluding carboxylic acids is 1. The lowest BCUT2D eigenvalue weighted by atomic mass is 9.93. The molecule has 0 bridgehead atoms. The van der Waals surface area contributed by atoms with Gasteiger partial charge in [0.1, 0.15) is 5.76 Å². The van der Waals surface area contributed by atoms with Gasteiger partial charge in [-0.1, -0.05) is 47.7 Å². The summed E-state index contributed by atoms with van der Waals surface area (Å²) < 4.78 is 25.3. The number of esters is 1. The van der Waals surface area contributed by atoms with E-state index in [9.17, 15) is 9.59 Å². The normalized spacial score (nSPS) is 14.5. The first-order valence-electron chi connectivity index (χ1n) is 14.1. The minimum absolute atomic E-state index is 0.148. The van der Waals surface area contributed by atoms with E-state index in [1.54, 1.807) is 50.6 Å². The first-order chi connectivity index (χ1) is 22.3. The van der Waals surface area contributed by atoms with Crippen molar-refractivity contribution in [2.75, 3.05) is 20.8 Å². The lowest BCUT2D eigenvalue weighted by molar-refractivity contribution is -0.138. The van der Waals surface area contributed by atoms with Crippen molar-refractivity contribution < 1.29 is 23.4 Å². The lowest BCUT2D eigenvalue weighted by Crippen LogP contribution is -2.40. The van der Waals surface area contributed by atoms with Crippen LogP contribution in [0.2, 0.25) is 0 Å². The Morgan fingerprint density at radius 3 is 2.61 bits per heavy atom. The van der Waals surface area contributed by atoms with Crippen LogP contribution in [-0.4, -0.2) is 41.3 Å². The number of halogens is 1. The third kappa shape index (κ3) is 6.17. The van der Waals surface area contributed by atoms with Crippen LogP contribution in [0.3, 0.4) is 0 Å². The Kier molecular flexibility index (Phi) is 9.24. The summed E-state index contributed by atoms with van der Waals surface area (Å²) in [6.07, 6.45) is 3.35. The number of hydrogen-bond acceptors (Lipinski definition) is 11. The molecule has 0 aliphatic carbocycles. The fraction of sp³-hybridized carbons (Fsp3) is 0.182. The van der Waals surface area contributed by atoms with Crippen LogP contribution in [-0.2, 0) is 9.53 Å². The number of aromatic nitrogens is 3. The Hall–Kier alpha value is -4.46. The molecular weight excluding hydrogens is 692 g/mol. The second kappa shape index (κ2) is 13.5. The van der Waals surface area contributed by atoms with E-state index in [4.69, 9.17) is 23.6 Å². The molecule has 13 heteroatoms. The van der Waals surface area contributed by atoms with Gasteiger partial charge in [-0.05, 0) is 71.4 Å². The van der Waals surface area contributed by atoms with Gasteiger partial charge in [0.15, 0.2) is 26.5 Å². The van der Waals surface area contributed by atoms with E-state index >= 15 is 0 Å². The molecular formula is C33H27BrN4O6S2. The fourth-order valence-corrected chi connectivity index (χ4v) is 7.27. The van der Waals surface area contributed by atoms with Crippen LogP contribution in [0.25, 0.3) is 11.8 Å². The van der Waals surface area contributed by atoms with Crippen molar-refractivity contribution in [3.8, 4) is 11.5 Å². The van der Waals surface area contributed by atoms with E-state index in [1.807, 2.05) is 43.3 Å². The van der Waals surface area contributed by atoms with Gasteiger partial charge in [0, 0.05) is 23.5 Å². The summed E-state index contributed by atoms with van der Waals surface area (Å²) >= 11 is 6.02. The highest BCUT2D eigenvalue weighted by Gasteiger charge is 2.35. The van der Waals surface area contributed by atoms with E-state index in [0.29, 0.717) is 58.1 Å². The molecule has 0 spiro atoms. The molecule has 1 aliphatic heterocycles. The first-order valence-corrected chi connectivity index (χ1v) is 16.5. The van der Waals surface area contributed by atoms with Crippen LogP contribution in [0.15, 0.2) is 101 Å². The molecule has 5 aromatic rings. The number of benzene rings is 2. The van der Waals surface area contributed by atoms with Crippen molar-refractivity contribution >= 4 is 56.8 Å². The van der Waals surface area contributed by atoms with Gasteiger partial charge in [0.25, 0.3) is 5.56 Å². The van der Waals surface area contributed by atoms with Gasteiger partial charge in [0.05, 0.1) is 47.1 Å². The summed E-state index contributed by atoms with van der Waals surface area (Å²) in [7, 11) is 3.08. The van der Waals surface area contributed by atoms with Crippen molar-refractivity contribution in [2.45, 2.75) is 30.1 Å². The molecule has 4 heterocycles. The minimum Gasteiger partial charge on any atom is -0.493 e. The monoisotopic (exact) mass is 718 g/mol. The van der Waals surface area contributed by atoms with Crippen LogP contribution >= 0.6 is 39.0 Å². The van der Waals surface area contributed by atoms with Crippen LogP contribution in [0.1, 0.15) is 35.5 Å². The molecule has 0 saturated heterocycles. The molecule has 46 heavy (non-hydrogen) atoms. The number of hydrogen-bond donors (Lipinski definition) is 0. The van der Waals surface area contributed by atoms with Crippen molar-refractivity contribution in [3.05, 3.63) is 119 Å². The third-order valence-corrected chi connectivity index (χ3v) is 9.70. The Labute approximate surface area is 280 Å². The number of aryl methyl sites for hydroxylation is 1. The summed E-state index contributed by atoms with van der Waals surface area (Å²) in [5.74, 6) is 0.834. The molecule has 1 aliphatic rings. The first kappa shape index (κ1) is 31.5. The molecule has 0 unspecified atom stereocenters. The minimum atomic E-state index is -0.875. The van der Waals surface area contributed by atoms with Crippen LogP contribution in [0, 0.1) is 6.92 Å². The smallest absolute Gasteiger partial charge is 0.338 e. The Balaban J connectivity index is 1.55. The highest BCUT2D eigenvalue weighted by atomic mass is 79.9. The Morgan fingerprint density at radius 1 is 1.11 bits per heavy atom. The number of furan rings is 1. The molecule has 0 amide bonds. The van der Waals surface area contributed by atoms with E-state index in [0.717, 1.165) is 5.69 Å². The van der Waals surface area contributed by atoms with Crippen molar-refractivity contribution in [2.24, 2.45) is 4.99 Å². The van der Waals surface area contributed by atoms with Crippen LogP contribution < -0.4 is 24.4 Å². The zero-order valence-electron chi connectivity index (χ0n) is 25.1. The second-order valence-corrected chi connectivity index (χ2v) is 12.7. The number of nitrogens with zero attached hydrogens (tertiary/aromatic N) is 4.